The molecular formula is C20H21NO6S. The van der Waals surface area contributed by atoms with Gasteiger partial charge in [0.15, 0.2) is 0 Å². The van der Waals surface area contributed by atoms with Crippen molar-refractivity contribution in [2.45, 2.75) is 37.6 Å². The summed E-state index contributed by atoms with van der Waals surface area (Å²) in [5, 5.41) is 0.581. The highest BCUT2D eigenvalue weighted by atomic mass is 32.2. The number of carbonyl (C=O) groups excluding carboxylic acids is 1. The van der Waals surface area contributed by atoms with Crippen molar-refractivity contribution in [2.24, 2.45) is 0 Å². The Morgan fingerprint density at radius 1 is 1.32 bits per heavy atom. The van der Waals surface area contributed by atoms with Crippen LogP contribution in [0.25, 0.3) is 11.0 Å². The highest BCUT2D eigenvalue weighted by molar-refractivity contribution is 7.89. The van der Waals surface area contributed by atoms with Crippen molar-refractivity contribution in [2.75, 3.05) is 13.2 Å². The Morgan fingerprint density at radius 3 is 2.86 bits per heavy atom. The molecule has 1 saturated heterocycles. The molecule has 0 N–H and O–H groups in total. The Kier molecular flexibility index (Phi) is 4.76. The smallest absolute Gasteiger partial charge is 0.374 e. The summed E-state index contributed by atoms with van der Waals surface area (Å²) in [6.07, 6.45) is 3.04. The maximum Gasteiger partial charge on any atom is 0.374 e. The molecule has 0 spiro atoms. The molecule has 1 aromatic carbocycles. The quantitative estimate of drug-likeness (QED) is 0.597. The number of furan rings is 2. The van der Waals surface area contributed by atoms with Crippen LogP contribution >= 0.6 is 0 Å². The molecule has 8 heteroatoms. The van der Waals surface area contributed by atoms with Crippen LogP contribution in [0.1, 0.15) is 47.7 Å². The molecule has 3 aromatic rings. The van der Waals surface area contributed by atoms with Crippen molar-refractivity contribution >= 4 is 27.0 Å². The Morgan fingerprint density at radius 2 is 2.14 bits per heavy atom. The lowest BCUT2D eigenvalue weighted by Gasteiger charge is -2.22. The number of hydrogen-bond donors (Lipinski definition) is 0. The van der Waals surface area contributed by atoms with Gasteiger partial charge in [0, 0.05) is 17.5 Å². The lowest BCUT2D eigenvalue weighted by Crippen LogP contribution is -2.30. The summed E-state index contributed by atoms with van der Waals surface area (Å²) in [5.74, 6) is 0.185. The average molecular weight is 403 g/mol. The minimum Gasteiger partial charge on any atom is -0.468 e. The first-order chi connectivity index (χ1) is 13.4. The first kappa shape index (κ1) is 18.8. The Hall–Kier alpha value is -2.58. The topological polar surface area (TPSA) is 90.0 Å². The number of hydrogen-bond acceptors (Lipinski definition) is 6. The van der Waals surface area contributed by atoms with E-state index in [9.17, 15) is 13.2 Å². The van der Waals surface area contributed by atoms with E-state index < -0.39 is 16.0 Å². The summed E-state index contributed by atoms with van der Waals surface area (Å²) < 4.78 is 44.1. The molecule has 0 unspecified atom stereocenters. The molecule has 1 aliphatic rings. The van der Waals surface area contributed by atoms with Crippen molar-refractivity contribution in [1.82, 2.24) is 4.31 Å². The highest BCUT2D eigenvalue weighted by Crippen LogP contribution is 2.38. The molecule has 28 heavy (non-hydrogen) atoms. The summed E-state index contributed by atoms with van der Waals surface area (Å²) in [6, 6.07) is 7.90. The van der Waals surface area contributed by atoms with Gasteiger partial charge in [-0.25, -0.2) is 13.2 Å². The summed E-state index contributed by atoms with van der Waals surface area (Å²) in [6.45, 7) is 4.10. The number of benzene rings is 1. The molecule has 7 nitrogen and oxygen atoms in total. The van der Waals surface area contributed by atoms with Crippen molar-refractivity contribution in [3.63, 3.8) is 0 Å². The van der Waals surface area contributed by atoms with Crippen LogP contribution in [0, 0.1) is 6.92 Å². The van der Waals surface area contributed by atoms with Gasteiger partial charge in [-0.3, -0.25) is 0 Å². The van der Waals surface area contributed by atoms with Crippen LogP contribution < -0.4 is 0 Å². The van der Waals surface area contributed by atoms with Crippen molar-refractivity contribution < 1.29 is 26.8 Å². The van der Waals surface area contributed by atoms with Gasteiger partial charge in [0.25, 0.3) is 0 Å². The minimum absolute atomic E-state index is 0.0982. The third-order valence-electron chi connectivity index (χ3n) is 5.05. The maximum absolute atomic E-state index is 13.3. The molecule has 0 saturated carbocycles. The van der Waals surface area contributed by atoms with Crippen LogP contribution in [-0.2, 0) is 14.8 Å². The van der Waals surface area contributed by atoms with Gasteiger partial charge in [-0.2, -0.15) is 4.31 Å². The van der Waals surface area contributed by atoms with Crippen LogP contribution in [0.2, 0.25) is 0 Å². The lowest BCUT2D eigenvalue weighted by atomic mass is 10.1. The number of fused-ring (bicyclic) bond motifs is 1. The Bertz CT molecular complexity index is 1110. The van der Waals surface area contributed by atoms with E-state index in [0.717, 1.165) is 6.42 Å². The molecule has 1 fully saturated rings. The standard InChI is InChI=1S/C20H21NO6S/c1-3-25-20(22)19-13(2)15-12-14(8-9-17(15)27-19)28(23,24)21-10-4-6-16(21)18-7-5-11-26-18/h5,7-9,11-12,16H,3-4,6,10H2,1-2H3/t16-/m0/s1. The van der Waals surface area contributed by atoms with E-state index in [4.69, 9.17) is 13.6 Å². The molecule has 0 aliphatic carbocycles. The third kappa shape index (κ3) is 3.02. The van der Waals surface area contributed by atoms with Gasteiger partial charge in [-0.1, -0.05) is 0 Å². The predicted molar refractivity (Wildman–Crippen MR) is 101 cm³/mol. The van der Waals surface area contributed by atoms with Gasteiger partial charge in [0.05, 0.1) is 23.8 Å². The molecule has 0 amide bonds. The normalized spacial score (nSPS) is 18.0. The molecular weight excluding hydrogens is 382 g/mol. The van der Waals surface area contributed by atoms with Crippen LogP contribution in [0.4, 0.5) is 0 Å². The number of esters is 1. The largest absolute Gasteiger partial charge is 0.468 e. The number of sulfonamides is 1. The average Bonchev–Trinajstić information content (AvgIpc) is 3.41. The number of ether oxygens (including phenoxy) is 1. The molecule has 0 radical (unpaired) electrons. The van der Waals surface area contributed by atoms with Gasteiger partial charge < -0.3 is 13.6 Å². The van der Waals surface area contributed by atoms with Crippen LogP contribution in [0.15, 0.2) is 50.3 Å². The van der Waals surface area contributed by atoms with E-state index in [0.29, 0.717) is 35.3 Å². The number of nitrogens with zero attached hydrogens (tertiary/aromatic N) is 1. The monoisotopic (exact) mass is 403 g/mol. The van der Waals surface area contributed by atoms with Gasteiger partial charge in [0.2, 0.25) is 15.8 Å². The van der Waals surface area contributed by atoms with Crippen molar-refractivity contribution in [3.8, 4) is 0 Å². The number of carbonyl (C=O) groups is 1. The van der Waals surface area contributed by atoms with E-state index in [1.165, 1.54) is 10.4 Å². The first-order valence-electron chi connectivity index (χ1n) is 9.19. The fourth-order valence-corrected chi connectivity index (χ4v) is 5.37. The second-order valence-electron chi connectivity index (χ2n) is 6.72. The lowest BCUT2D eigenvalue weighted by molar-refractivity contribution is 0.0491. The fourth-order valence-electron chi connectivity index (χ4n) is 3.68. The third-order valence-corrected chi connectivity index (χ3v) is 6.95. The van der Waals surface area contributed by atoms with E-state index in [1.807, 2.05) is 0 Å². The molecule has 3 heterocycles. The molecule has 148 valence electrons. The summed E-state index contributed by atoms with van der Waals surface area (Å²) in [5.41, 5.74) is 1.01. The highest BCUT2D eigenvalue weighted by Gasteiger charge is 2.38. The van der Waals surface area contributed by atoms with Gasteiger partial charge >= 0.3 is 5.97 Å². The van der Waals surface area contributed by atoms with E-state index in [-0.39, 0.29) is 23.3 Å². The fraction of sp³-hybridized carbons (Fsp3) is 0.350. The predicted octanol–water partition coefficient (Wildman–Crippen LogP) is 4.04. The second-order valence-corrected chi connectivity index (χ2v) is 8.61. The Balaban J connectivity index is 1.74. The van der Waals surface area contributed by atoms with Gasteiger partial charge in [-0.15, -0.1) is 0 Å². The van der Waals surface area contributed by atoms with Crippen LogP contribution in [0.3, 0.4) is 0 Å². The molecule has 0 bridgehead atoms. The van der Waals surface area contributed by atoms with Crippen molar-refractivity contribution in [1.29, 1.82) is 0 Å². The first-order valence-corrected chi connectivity index (χ1v) is 10.6. The van der Waals surface area contributed by atoms with E-state index in [1.54, 1.807) is 44.4 Å². The van der Waals surface area contributed by atoms with Crippen LogP contribution in [-0.4, -0.2) is 31.8 Å². The minimum atomic E-state index is -3.73. The molecule has 4 rings (SSSR count). The number of rotatable bonds is 5. The maximum atomic E-state index is 13.3. The van der Waals surface area contributed by atoms with Gasteiger partial charge in [-0.05, 0) is 57.0 Å². The van der Waals surface area contributed by atoms with E-state index in [2.05, 4.69) is 0 Å². The molecule has 1 atom stereocenters. The zero-order valence-electron chi connectivity index (χ0n) is 15.7. The Labute approximate surface area is 162 Å². The molecule has 1 aliphatic heterocycles. The second kappa shape index (κ2) is 7.10. The zero-order valence-corrected chi connectivity index (χ0v) is 16.5. The number of aryl methyl sites for hydroxylation is 1. The summed E-state index contributed by atoms with van der Waals surface area (Å²) in [4.78, 5) is 12.2. The molecule has 2 aromatic heterocycles. The summed E-state index contributed by atoms with van der Waals surface area (Å²) in [7, 11) is -3.73. The van der Waals surface area contributed by atoms with Crippen LogP contribution in [0.5, 0.6) is 0 Å². The zero-order chi connectivity index (χ0) is 19.9. The van der Waals surface area contributed by atoms with E-state index >= 15 is 0 Å². The summed E-state index contributed by atoms with van der Waals surface area (Å²) >= 11 is 0. The van der Waals surface area contributed by atoms with Gasteiger partial charge in [0.1, 0.15) is 11.3 Å². The SMILES string of the molecule is CCOC(=O)c1oc2ccc(S(=O)(=O)N3CCC[C@H]3c3ccco3)cc2c1C. The van der Waals surface area contributed by atoms with Crippen molar-refractivity contribution in [3.05, 3.63) is 53.7 Å².